The molecule has 0 saturated carbocycles. The molecule has 0 bridgehead atoms. The van der Waals surface area contributed by atoms with E-state index in [0.717, 1.165) is 19.4 Å². The molecule has 3 heteroatoms. The minimum Gasteiger partial charge on any atom is -0.369 e. The number of primary amides is 1. The van der Waals surface area contributed by atoms with E-state index in [1.54, 1.807) is 0 Å². The highest BCUT2D eigenvalue weighted by molar-refractivity contribution is 5.76. The molecule has 1 aliphatic rings. The van der Waals surface area contributed by atoms with Gasteiger partial charge in [-0.3, -0.25) is 4.79 Å². The minimum atomic E-state index is -0.147. The summed E-state index contributed by atoms with van der Waals surface area (Å²) in [4.78, 5) is 10.9. The van der Waals surface area contributed by atoms with Crippen LogP contribution in [0.1, 0.15) is 32.6 Å². The van der Waals surface area contributed by atoms with Crippen molar-refractivity contribution >= 4 is 5.91 Å². The van der Waals surface area contributed by atoms with E-state index in [9.17, 15) is 4.79 Å². The zero-order valence-corrected chi connectivity index (χ0v) is 7.68. The van der Waals surface area contributed by atoms with E-state index >= 15 is 0 Å². The van der Waals surface area contributed by atoms with Crippen LogP contribution in [0.5, 0.6) is 0 Å². The molecule has 1 fully saturated rings. The molecule has 0 aromatic heterocycles. The lowest BCUT2D eigenvalue weighted by molar-refractivity contribution is -0.122. The predicted octanol–water partition coefficient (Wildman–Crippen LogP) is 0.640. The van der Waals surface area contributed by atoms with E-state index in [0.29, 0.717) is 6.04 Å². The fourth-order valence-corrected chi connectivity index (χ4v) is 1.79. The Balaban J connectivity index is 2.30. The Morgan fingerprint density at radius 2 is 2.50 bits per heavy atom. The van der Waals surface area contributed by atoms with Crippen molar-refractivity contribution in [3.05, 3.63) is 0 Å². The topological polar surface area (TPSA) is 55.1 Å². The molecule has 0 aromatic carbocycles. The summed E-state index contributed by atoms with van der Waals surface area (Å²) in [6.07, 6.45) is 4.23. The van der Waals surface area contributed by atoms with E-state index in [1.165, 1.54) is 12.8 Å². The first-order valence-electron chi connectivity index (χ1n) is 4.76. The number of amides is 1. The standard InChI is InChI=1S/C9H18N2O/c1-2-7(9(10)12)6-8-4-3-5-11-8/h7-8,11H,2-6H2,1H3,(H2,10,12)/t7-,8?/m1/s1. The number of hydrogen-bond acceptors (Lipinski definition) is 2. The molecular weight excluding hydrogens is 152 g/mol. The van der Waals surface area contributed by atoms with Crippen LogP contribution in [0, 0.1) is 5.92 Å². The molecule has 0 aromatic rings. The highest BCUT2D eigenvalue weighted by atomic mass is 16.1. The maximum Gasteiger partial charge on any atom is 0.220 e. The van der Waals surface area contributed by atoms with Gasteiger partial charge in [0, 0.05) is 12.0 Å². The lowest BCUT2D eigenvalue weighted by atomic mass is 9.96. The maximum atomic E-state index is 10.9. The molecule has 3 N–H and O–H groups in total. The number of nitrogens with one attached hydrogen (secondary N) is 1. The van der Waals surface area contributed by atoms with Crippen molar-refractivity contribution < 1.29 is 4.79 Å². The summed E-state index contributed by atoms with van der Waals surface area (Å²) in [7, 11) is 0. The van der Waals surface area contributed by atoms with Gasteiger partial charge in [0.1, 0.15) is 0 Å². The van der Waals surface area contributed by atoms with Crippen molar-refractivity contribution in [1.82, 2.24) is 5.32 Å². The molecule has 1 amide bonds. The number of nitrogens with two attached hydrogens (primary N) is 1. The molecule has 12 heavy (non-hydrogen) atoms. The van der Waals surface area contributed by atoms with E-state index in [2.05, 4.69) is 5.32 Å². The van der Waals surface area contributed by atoms with Crippen molar-refractivity contribution in [2.45, 2.75) is 38.6 Å². The third-order valence-corrected chi connectivity index (χ3v) is 2.63. The molecule has 1 saturated heterocycles. The Morgan fingerprint density at radius 3 is 2.92 bits per heavy atom. The Kier molecular flexibility index (Phi) is 3.53. The van der Waals surface area contributed by atoms with Crippen LogP contribution < -0.4 is 11.1 Å². The Labute approximate surface area is 73.7 Å². The smallest absolute Gasteiger partial charge is 0.220 e. The zero-order valence-electron chi connectivity index (χ0n) is 7.68. The average Bonchev–Trinajstić information content (AvgIpc) is 2.51. The second kappa shape index (κ2) is 4.45. The first-order chi connectivity index (χ1) is 5.74. The van der Waals surface area contributed by atoms with E-state index in [1.807, 2.05) is 6.92 Å². The van der Waals surface area contributed by atoms with Crippen LogP contribution in [0.15, 0.2) is 0 Å². The first-order valence-corrected chi connectivity index (χ1v) is 4.76. The largest absolute Gasteiger partial charge is 0.369 e. The minimum absolute atomic E-state index is 0.0700. The number of hydrogen-bond donors (Lipinski definition) is 2. The lowest BCUT2D eigenvalue weighted by Gasteiger charge is -2.15. The molecule has 2 atom stereocenters. The van der Waals surface area contributed by atoms with Gasteiger partial charge in [-0.15, -0.1) is 0 Å². The average molecular weight is 170 g/mol. The molecule has 0 spiro atoms. The van der Waals surface area contributed by atoms with E-state index < -0.39 is 0 Å². The SMILES string of the molecule is CC[C@H](CC1CCCN1)C(N)=O. The Bertz CT molecular complexity index is 153. The third kappa shape index (κ3) is 2.48. The Hall–Kier alpha value is -0.570. The van der Waals surface area contributed by atoms with Crippen LogP contribution in [-0.2, 0) is 4.79 Å². The van der Waals surface area contributed by atoms with Crippen LogP contribution in [0.3, 0.4) is 0 Å². The van der Waals surface area contributed by atoms with Crippen molar-refractivity contribution in [3.8, 4) is 0 Å². The number of carbonyl (C=O) groups is 1. The predicted molar refractivity (Wildman–Crippen MR) is 48.6 cm³/mol. The molecule has 1 unspecified atom stereocenters. The monoisotopic (exact) mass is 170 g/mol. The van der Waals surface area contributed by atoms with Crippen LogP contribution in [0.4, 0.5) is 0 Å². The van der Waals surface area contributed by atoms with Gasteiger partial charge in [0.15, 0.2) is 0 Å². The lowest BCUT2D eigenvalue weighted by Crippen LogP contribution is -2.30. The summed E-state index contributed by atoms with van der Waals surface area (Å²) < 4.78 is 0. The van der Waals surface area contributed by atoms with E-state index in [4.69, 9.17) is 5.73 Å². The summed E-state index contributed by atoms with van der Waals surface area (Å²) in [6, 6.07) is 0.530. The third-order valence-electron chi connectivity index (χ3n) is 2.63. The van der Waals surface area contributed by atoms with Crippen molar-refractivity contribution in [2.75, 3.05) is 6.54 Å². The summed E-state index contributed by atoms with van der Waals surface area (Å²) in [5, 5.41) is 3.37. The molecule has 0 aliphatic carbocycles. The maximum absolute atomic E-state index is 10.9. The fraction of sp³-hybridized carbons (Fsp3) is 0.889. The highest BCUT2D eigenvalue weighted by Gasteiger charge is 2.21. The second-order valence-corrected chi connectivity index (χ2v) is 3.54. The summed E-state index contributed by atoms with van der Waals surface area (Å²) in [5.41, 5.74) is 5.26. The van der Waals surface area contributed by atoms with Gasteiger partial charge in [-0.1, -0.05) is 6.92 Å². The van der Waals surface area contributed by atoms with Crippen LogP contribution in [0.25, 0.3) is 0 Å². The van der Waals surface area contributed by atoms with Gasteiger partial charge >= 0.3 is 0 Å². The van der Waals surface area contributed by atoms with Gasteiger partial charge in [-0.05, 0) is 32.2 Å². The molecule has 70 valence electrons. The van der Waals surface area contributed by atoms with Gasteiger partial charge in [-0.25, -0.2) is 0 Å². The van der Waals surface area contributed by atoms with Crippen LogP contribution >= 0.6 is 0 Å². The van der Waals surface area contributed by atoms with Gasteiger partial charge in [0.05, 0.1) is 0 Å². The second-order valence-electron chi connectivity index (χ2n) is 3.54. The molecule has 0 radical (unpaired) electrons. The quantitative estimate of drug-likeness (QED) is 0.650. The van der Waals surface area contributed by atoms with Crippen molar-refractivity contribution in [1.29, 1.82) is 0 Å². The summed E-state index contributed by atoms with van der Waals surface area (Å²) in [6.45, 7) is 3.12. The van der Waals surface area contributed by atoms with Crippen LogP contribution in [0.2, 0.25) is 0 Å². The zero-order chi connectivity index (χ0) is 8.97. The van der Waals surface area contributed by atoms with Gasteiger partial charge < -0.3 is 11.1 Å². The summed E-state index contributed by atoms with van der Waals surface area (Å²) >= 11 is 0. The van der Waals surface area contributed by atoms with Gasteiger partial charge in [0.25, 0.3) is 0 Å². The highest BCUT2D eigenvalue weighted by Crippen LogP contribution is 2.16. The fourth-order valence-electron chi connectivity index (χ4n) is 1.79. The molecular formula is C9H18N2O. The van der Waals surface area contributed by atoms with E-state index in [-0.39, 0.29) is 11.8 Å². The molecule has 1 heterocycles. The van der Waals surface area contributed by atoms with Crippen molar-refractivity contribution in [3.63, 3.8) is 0 Å². The molecule has 3 nitrogen and oxygen atoms in total. The number of carbonyl (C=O) groups excluding carboxylic acids is 1. The summed E-state index contributed by atoms with van der Waals surface area (Å²) in [5.74, 6) is -0.0770. The number of rotatable bonds is 4. The van der Waals surface area contributed by atoms with Crippen molar-refractivity contribution in [2.24, 2.45) is 11.7 Å². The molecule has 1 aliphatic heterocycles. The molecule has 1 rings (SSSR count). The van der Waals surface area contributed by atoms with Crippen LogP contribution in [-0.4, -0.2) is 18.5 Å². The van der Waals surface area contributed by atoms with Gasteiger partial charge in [-0.2, -0.15) is 0 Å². The van der Waals surface area contributed by atoms with Gasteiger partial charge in [0.2, 0.25) is 5.91 Å². The first kappa shape index (κ1) is 9.52. The Morgan fingerprint density at radius 1 is 1.75 bits per heavy atom. The normalized spacial score (nSPS) is 25.6.